The fourth-order valence-corrected chi connectivity index (χ4v) is 6.45. The van der Waals surface area contributed by atoms with Crippen molar-refractivity contribution >= 4 is 17.9 Å². The quantitative estimate of drug-likeness (QED) is 0.0359. The number of carbonyl (C=O) groups is 3. The molecule has 0 aromatic rings. The third-order valence-electron chi connectivity index (χ3n) is 9.79. The first kappa shape index (κ1) is 48.4. The Kier molecular flexibility index (Phi) is 37.4. The van der Waals surface area contributed by atoms with E-state index in [0.717, 1.165) is 70.1 Å². The van der Waals surface area contributed by atoms with Gasteiger partial charge in [-0.05, 0) is 25.2 Å². The largest absolute Gasteiger partial charge is 0.462 e. The fourth-order valence-electron chi connectivity index (χ4n) is 6.45. The van der Waals surface area contributed by atoms with Gasteiger partial charge in [-0.2, -0.15) is 0 Å². The molecular weight excluding hydrogens is 624 g/mol. The van der Waals surface area contributed by atoms with Gasteiger partial charge in [0.05, 0.1) is 0 Å². The van der Waals surface area contributed by atoms with Gasteiger partial charge < -0.3 is 14.2 Å². The number of unbranched alkanes of at least 4 members (excludes halogenated alkanes) is 26. The summed E-state index contributed by atoms with van der Waals surface area (Å²) in [5.74, 6) is -0.0365. The van der Waals surface area contributed by atoms with Crippen LogP contribution >= 0.6 is 0 Å². The van der Waals surface area contributed by atoms with Crippen molar-refractivity contribution < 1.29 is 28.6 Å². The van der Waals surface area contributed by atoms with E-state index in [2.05, 4.69) is 27.7 Å². The molecule has 0 saturated heterocycles. The van der Waals surface area contributed by atoms with Crippen LogP contribution in [0.25, 0.3) is 0 Å². The van der Waals surface area contributed by atoms with Gasteiger partial charge in [0, 0.05) is 19.3 Å². The van der Waals surface area contributed by atoms with E-state index in [-0.39, 0.29) is 31.1 Å². The summed E-state index contributed by atoms with van der Waals surface area (Å²) in [6.07, 6.45) is 36.8. The average molecular weight is 709 g/mol. The number of hydrogen-bond donors (Lipinski definition) is 0. The van der Waals surface area contributed by atoms with Gasteiger partial charge in [-0.25, -0.2) is 0 Å². The molecule has 296 valence electrons. The molecule has 6 nitrogen and oxygen atoms in total. The number of hydrogen-bond acceptors (Lipinski definition) is 6. The van der Waals surface area contributed by atoms with E-state index in [1.165, 1.54) is 128 Å². The predicted molar refractivity (Wildman–Crippen MR) is 210 cm³/mol. The zero-order chi connectivity index (χ0) is 36.8. The summed E-state index contributed by atoms with van der Waals surface area (Å²) in [7, 11) is 0. The van der Waals surface area contributed by atoms with Crippen molar-refractivity contribution in [1.82, 2.24) is 0 Å². The van der Waals surface area contributed by atoms with Gasteiger partial charge >= 0.3 is 17.9 Å². The van der Waals surface area contributed by atoms with Crippen molar-refractivity contribution in [3.63, 3.8) is 0 Å². The molecule has 0 aromatic heterocycles. The highest BCUT2D eigenvalue weighted by molar-refractivity contribution is 5.71. The van der Waals surface area contributed by atoms with E-state index in [4.69, 9.17) is 14.2 Å². The first-order valence-corrected chi connectivity index (χ1v) is 21.9. The van der Waals surface area contributed by atoms with E-state index in [1.54, 1.807) is 0 Å². The molecule has 1 atom stereocenters. The zero-order valence-corrected chi connectivity index (χ0v) is 33.9. The molecule has 0 bridgehead atoms. The van der Waals surface area contributed by atoms with Crippen LogP contribution in [0.4, 0.5) is 0 Å². The van der Waals surface area contributed by atoms with Gasteiger partial charge in [0.25, 0.3) is 0 Å². The molecule has 0 aromatic carbocycles. The molecule has 0 heterocycles. The maximum atomic E-state index is 12.6. The lowest BCUT2D eigenvalue weighted by Crippen LogP contribution is -2.30. The first-order valence-electron chi connectivity index (χ1n) is 21.9. The summed E-state index contributed by atoms with van der Waals surface area (Å²) in [6, 6.07) is 0. The maximum absolute atomic E-state index is 12.6. The highest BCUT2D eigenvalue weighted by atomic mass is 16.6. The van der Waals surface area contributed by atoms with Crippen LogP contribution in [0.3, 0.4) is 0 Å². The molecule has 50 heavy (non-hydrogen) atoms. The third kappa shape index (κ3) is 37.7. The van der Waals surface area contributed by atoms with Gasteiger partial charge in [0.1, 0.15) is 13.2 Å². The van der Waals surface area contributed by atoms with Crippen molar-refractivity contribution in [2.24, 2.45) is 5.92 Å². The normalized spacial score (nSPS) is 11.9. The Morgan fingerprint density at radius 2 is 0.660 bits per heavy atom. The molecule has 0 aliphatic carbocycles. The molecule has 6 heteroatoms. The Balaban J connectivity index is 4.19. The summed E-state index contributed by atoms with van der Waals surface area (Å²) in [5, 5.41) is 0. The third-order valence-corrected chi connectivity index (χ3v) is 9.79. The van der Waals surface area contributed by atoms with E-state index in [0.29, 0.717) is 19.3 Å². The standard InChI is InChI=1S/C44H84O6/c1-5-7-9-11-12-13-14-18-22-25-29-33-37-44(47)50-41(38-48-42(45)35-31-26-10-8-6-2)39-49-43(46)36-32-28-24-21-19-16-15-17-20-23-27-30-34-40(3)4/h40-41H,5-39H2,1-4H3/t41-/m0/s1. The lowest BCUT2D eigenvalue weighted by molar-refractivity contribution is -0.167. The van der Waals surface area contributed by atoms with Gasteiger partial charge in [-0.1, -0.05) is 201 Å². The van der Waals surface area contributed by atoms with Crippen LogP contribution in [0.2, 0.25) is 0 Å². The van der Waals surface area contributed by atoms with E-state index >= 15 is 0 Å². The highest BCUT2D eigenvalue weighted by Gasteiger charge is 2.19. The van der Waals surface area contributed by atoms with Gasteiger partial charge in [0.2, 0.25) is 0 Å². The lowest BCUT2D eigenvalue weighted by atomic mass is 10.0. The van der Waals surface area contributed by atoms with E-state index in [1.807, 2.05) is 0 Å². The van der Waals surface area contributed by atoms with Crippen molar-refractivity contribution in [2.75, 3.05) is 13.2 Å². The van der Waals surface area contributed by atoms with Crippen molar-refractivity contribution in [3.8, 4) is 0 Å². The SMILES string of the molecule is CCCCCCCCCCCCCCC(=O)O[C@@H](COC(=O)CCCCCCC)COC(=O)CCCCCCCCCCCCCCC(C)C. The van der Waals surface area contributed by atoms with Crippen LogP contribution in [-0.4, -0.2) is 37.2 Å². The minimum absolute atomic E-state index is 0.0650. The summed E-state index contributed by atoms with van der Waals surface area (Å²) >= 11 is 0. The van der Waals surface area contributed by atoms with E-state index < -0.39 is 6.10 Å². The molecule has 0 aliphatic heterocycles. The van der Waals surface area contributed by atoms with Crippen LogP contribution in [0, 0.1) is 5.92 Å². The average Bonchev–Trinajstić information content (AvgIpc) is 3.09. The highest BCUT2D eigenvalue weighted by Crippen LogP contribution is 2.16. The molecule has 0 N–H and O–H groups in total. The lowest BCUT2D eigenvalue weighted by Gasteiger charge is -2.18. The van der Waals surface area contributed by atoms with Crippen LogP contribution in [0.5, 0.6) is 0 Å². The monoisotopic (exact) mass is 709 g/mol. The number of ether oxygens (including phenoxy) is 3. The van der Waals surface area contributed by atoms with E-state index in [9.17, 15) is 14.4 Å². The second-order valence-electron chi connectivity index (χ2n) is 15.5. The molecule has 0 unspecified atom stereocenters. The molecule has 0 rings (SSSR count). The van der Waals surface area contributed by atoms with Crippen molar-refractivity contribution in [2.45, 2.75) is 246 Å². The summed E-state index contributed by atoms with van der Waals surface area (Å²) < 4.78 is 16.6. The van der Waals surface area contributed by atoms with Crippen LogP contribution in [-0.2, 0) is 28.6 Å². The smallest absolute Gasteiger partial charge is 0.306 e. The molecule has 0 radical (unpaired) electrons. The van der Waals surface area contributed by atoms with Gasteiger partial charge in [-0.3, -0.25) is 14.4 Å². The summed E-state index contributed by atoms with van der Waals surface area (Å²) in [6.45, 7) is 8.91. The van der Waals surface area contributed by atoms with Crippen LogP contribution in [0.15, 0.2) is 0 Å². The number of carbonyl (C=O) groups excluding carboxylic acids is 3. The minimum atomic E-state index is -0.757. The Morgan fingerprint density at radius 1 is 0.380 bits per heavy atom. The van der Waals surface area contributed by atoms with Gasteiger partial charge in [-0.15, -0.1) is 0 Å². The molecule has 0 spiro atoms. The fraction of sp³-hybridized carbons (Fsp3) is 0.932. The second-order valence-corrected chi connectivity index (χ2v) is 15.5. The Hall–Kier alpha value is -1.59. The molecule has 0 fully saturated rings. The van der Waals surface area contributed by atoms with Crippen molar-refractivity contribution in [1.29, 1.82) is 0 Å². The Morgan fingerprint density at radius 3 is 0.980 bits per heavy atom. The number of esters is 3. The Bertz CT molecular complexity index is 751. The molecular formula is C44H84O6. The van der Waals surface area contributed by atoms with Gasteiger partial charge in [0.15, 0.2) is 6.10 Å². The molecule has 0 aliphatic rings. The van der Waals surface area contributed by atoms with Crippen LogP contribution < -0.4 is 0 Å². The molecule has 0 saturated carbocycles. The maximum Gasteiger partial charge on any atom is 0.306 e. The second kappa shape index (κ2) is 38.6. The summed E-state index contributed by atoms with van der Waals surface area (Å²) in [5.41, 5.74) is 0. The number of rotatable bonds is 39. The molecule has 0 amide bonds. The minimum Gasteiger partial charge on any atom is -0.462 e. The Labute approximate surface area is 310 Å². The topological polar surface area (TPSA) is 78.9 Å². The zero-order valence-electron chi connectivity index (χ0n) is 33.9. The first-order chi connectivity index (χ1) is 24.4. The predicted octanol–water partition coefficient (Wildman–Crippen LogP) is 13.6. The van der Waals surface area contributed by atoms with Crippen molar-refractivity contribution in [3.05, 3.63) is 0 Å². The summed E-state index contributed by atoms with van der Waals surface area (Å²) in [4.78, 5) is 37.4. The van der Waals surface area contributed by atoms with Crippen LogP contribution in [0.1, 0.15) is 240 Å².